The first-order valence-electron chi connectivity index (χ1n) is 10.8. The molecule has 2 bridgehead atoms. The predicted octanol–water partition coefficient (Wildman–Crippen LogP) is 3.92. The highest BCUT2D eigenvalue weighted by molar-refractivity contribution is 5.85. The van der Waals surface area contributed by atoms with E-state index in [1.54, 1.807) is 12.1 Å². The first-order valence-corrected chi connectivity index (χ1v) is 10.8. The Hall–Kier alpha value is -1.99. The average Bonchev–Trinajstić information content (AvgIpc) is 3.35. The fraction of sp³-hybridized carbons (Fsp3) is 0.591. The molecule has 3 aliphatic heterocycles. The summed E-state index contributed by atoms with van der Waals surface area (Å²) >= 11 is 0. The zero-order chi connectivity index (χ0) is 19.8. The van der Waals surface area contributed by atoms with Gasteiger partial charge in [-0.05, 0) is 68.7 Å². The minimum Gasteiger partial charge on any atom is -0.342 e. The van der Waals surface area contributed by atoms with E-state index in [1.165, 1.54) is 25.0 Å². The molecule has 5 rings (SSSR count). The topological polar surface area (TPSA) is 71.3 Å². The lowest BCUT2D eigenvalue weighted by Gasteiger charge is -2.34. The number of halogens is 2. The molecule has 30 heavy (non-hydrogen) atoms. The van der Waals surface area contributed by atoms with Crippen LogP contribution in [0.4, 0.5) is 4.39 Å². The van der Waals surface area contributed by atoms with Gasteiger partial charge < -0.3 is 14.7 Å². The van der Waals surface area contributed by atoms with Crippen molar-refractivity contribution in [2.45, 2.75) is 62.9 Å². The van der Waals surface area contributed by atoms with E-state index in [-0.39, 0.29) is 30.0 Å². The smallest absolute Gasteiger partial charge is 0.231 e. The molecular formula is C22H28ClFN4O2. The molecule has 8 heteroatoms. The highest BCUT2D eigenvalue weighted by atomic mass is 35.5. The maximum Gasteiger partial charge on any atom is 0.231 e. The van der Waals surface area contributed by atoms with E-state index in [4.69, 9.17) is 4.52 Å². The van der Waals surface area contributed by atoms with Gasteiger partial charge in [0.25, 0.3) is 0 Å². The minimum atomic E-state index is -0.291. The molecule has 1 aromatic carbocycles. The number of nitrogens with zero attached hydrogens (tertiary/aromatic N) is 3. The molecule has 3 unspecified atom stereocenters. The van der Waals surface area contributed by atoms with E-state index in [1.807, 2.05) is 4.90 Å². The van der Waals surface area contributed by atoms with Crippen molar-refractivity contribution in [2.24, 2.45) is 5.92 Å². The normalized spacial score (nSPS) is 28.2. The molecule has 0 spiro atoms. The van der Waals surface area contributed by atoms with Crippen LogP contribution in [0.15, 0.2) is 28.8 Å². The van der Waals surface area contributed by atoms with Crippen LogP contribution in [0, 0.1) is 11.7 Å². The Balaban J connectivity index is 0.00000218. The second-order valence-electron chi connectivity index (χ2n) is 8.82. The summed E-state index contributed by atoms with van der Waals surface area (Å²) in [5.74, 6) is 1.59. The van der Waals surface area contributed by atoms with Gasteiger partial charge in [0.05, 0.1) is 5.92 Å². The number of amides is 1. The van der Waals surface area contributed by atoms with Crippen LogP contribution in [-0.4, -0.2) is 46.1 Å². The molecule has 2 aromatic rings. The van der Waals surface area contributed by atoms with Gasteiger partial charge in [0, 0.05) is 37.2 Å². The molecule has 1 N–H and O–H groups in total. The van der Waals surface area contributed by atoms with Crippen LogP contribution in [0.3, 0.4) is 0 Å². The number of carbonyl (C=O) groups is 1. The second-order valence-corrected chi connectivity index (χ2v) is 8.82. The molecule has 162 valence electrons. The zero-order valence-electron chi connectivity index (χ0n) is 16.9. The summed E-state index contributed by atoms with van der Waals surface area (Å²) in [6, 6.07) is 7.30. The average molecular weight is 435 g/mol. The summed E-state index contributed by atoms with van der Waals surface area (Å²) < 4.78 is 18.6. The summed E-state index contributed by atoms with van der Waals surface area (Å²) in [6.07, 6.45) is 7.32. The molecule has 6 nitrogen and oxygen atoms in total. The Morgan fingerprint density at radius 3 is 2.63 bits per heavy atom. The summed E-state index contributed by atoms with van der Waals surface area (Å²) in [5, 5.41) is 7.71. The predicted molar refractivity (Wildman–Crippen MR) is 113 cm³/mol. The van der Waals surface area contributed by atoms with Crippen LogP contribution in [0.25, 0.3) is 11.4 Å². The van der Waals surface area contributed by atoms with Crippen molar-refractivity contribution in [3.8, 4) is 11.4 Å². The van der Waals surface area contributed by atoms with Gasteiger partial charge in [0.1, 0.15) is 5.82 Å². The van der Waals surface area contributed by atoms with E-state index in [2.05, 4.69) is 15.5 Å². The number of rotatable bonds is 4. The number of hydrogen-bond donors (Lipinski definition) is 1. The summed E-state index contributed by atoms with van der Waals surface area (Å²) in [6.45, 7) is 1.45. The third-order valence-corrected chi connectivity index (χ3v) is 6.70. The quantitative estimate of drug-likeness (QED) is 0.789. The largest absolute Gasteiger partial charge is 0.342 e. The molecule has 3 atom stereocenters. The number of piperidine rings is 2. The number of nitrogens with one attached hydrogen (secondary N) is 1. The van der Waals surface area contributed by atoms with Crippen molar-refractivity contribution >= 4 is 18.3 Å². The monoisotopic (exact) mass is 434 g/mol. The molecule has 3 fully saturated rings. The van der Waals surface area contributed by atoms with Crippen molar-refractivity contribution in [3.63, 3.8) is 0 Å². The van der Waals surface area contributed by atoms with Crippen molar-refractivity contribution < 1.29 is 13.7 Å². The van der Waals surface area contributed by atoms with Crippen molar-refractivity contribution in [1.29, 1.82) is 0 Å². The van der Waals surface area contributed by atoms with E-state index in [9.17, 15) is 9.18 Å². The lowest BCUT2D eigenvalue weighted by Crippen LogP contribution is -2.43. The minimum absolute atomic E-state index is 0. The van der Waals surface area contributed by atoms with Crippen LogP contribution in [0.1, 0.15) is 56.8 Å². The fourth-order valence-electron chi connectivity index (χ4n) is 5.24. The number of hydrogen-bond acceptors (Lipinski definition) is 5. The molecule has 0 radical (unpaired) electrons. The molecular weight excluding hydrogens is 407 g/mol. The molecule has 1 aromatic heterocycles. The summed E-state index contributed by atoms with van der Waals surface area (Å²) in [7, 11) is 0. The van der Waals surface area contributed by atoms with Crippen molar-refractivity contribution in [3.05, 3.63) is 36.0 Å². The molecule has 3 saturated heterocycles. The lowest BCUT2D eigenvalue weighted by atomic mass is 9.88. The third-order valence-electron chi connectivity index (χ3n) is 6.70. The highest BCUT2D eigenvalue weighted by Gasteiger charge is 2.36. The van der Waals surface area contributed by atoms with Gasteiger partial charge in [0.2, 0.25) is 17.6 Å². The Morgan fingerprint density at radius 2 is 1.90 bits per heavy atom. The van der Waals surface area contributed by atoms with Crippen molar-refractivity contribution in [2.75, 3.05) is 13.1 Å². The van der Waals surface area contributed by atoms with Crippen LogP contribution >= 0.6 is 12.4 Å². The van der Waals surface area contributed by atoms with E-state index in [0.29, 0.717) is 42.7 Å². The van der Waals surface area contributed by atoms with Gasteiger partial charge in [-0.15, -0.1) is 12.4 Å². The SMILES string of the molecule is Cl.O=C(CC1CC2CCC(C1)N2)N1CCCC(c2nc(-c3ccc(F)cc3)no2)C1. The lowest BCUT2D eigenvalue weighted by molar-refractivity contribution is -0.133. The van der Waals surface area contributed by atoms with Crippen LogP contribution in [0.2, 0.25) is 0 Å². The molecule has 4 heterocycles. The Labute approximate surface area is 182 Å². The summed E-state index contributed by atoms with van der Waals surface area (Å²) in [5.41, 5.74) is 0.727. The number of likely N-dealkylation sites (tertiary alicyclic amines) is 1. The fourth-order valence-corrected chi connectivity index (χ4v) is 5.24. The Kier molecular flexibility index (Phi) is 6.39. The van der Waals surface area contributed by atoms with Crippen LogP contribution in [-0.2, 0) is 4.79 Å². The number of aromatic nitrogens is 2. The maximum atomic E-state index is 13.1. The van der Waals surface area contributed by atoms with Gasteiger partial charge in [0.15, 0.2) is 0 Å². The van der Waals surface area contributed by atoms with Gasteiger partial charge in [-0.25, -0.2) is 4.39 Å². The van der Waals surface area contributed by atoms with Crippen LogP contribution < -0.4 is 5.32 Å². The molecule has 0 saturated carbocycles. The first kappa shape index (κ1) is 21.2. The van der Waals surface area contributed by atoms with Gasteiger partial charge in [-0.3, -0.25) is 4.79 Å². The highest BCUT2D eigenvalue weighted by Crippen LogP contribution is 2.34. The maximum absolute atomic E-state index is 13.1. The third kappa shape index (κ3) is 4.52. The first-order chi connectivity index (χ1) is 14.1. The van der Waals surface area contributed by atoms with E-state index >= 15 is 0 Å². The second kappa shape index (κ2) is 9.02. The van der Waals surface area contributed by atoms with Gasteiger partial charge in [-0.1, -0.05) is 5.16 Å². The molecule has 3 aliphatic rings. The number of carbonyl (C=O) groups excluding carboxylic acids is 1. The van der Waals surface area contributed by atoms with Gasteiger partial charge >= 0.3 is 0 Å². The van der Waals surface area contributed by atoms with Crippen molar-refractivity contribution in [1.82, 2.24) is 20.4 Å². The number of benzene rings is 1. The van der Waals surface area contributed by atoms with E-state index in [0.717, 1.165) is 37.8 Å². The molecule has 1 amide bonds. The number of fused-ring (bicyclic) bond motifs is 2. The summed E-state index contributed by atoms with van der Waals surface area (Å²) in [4.78, 5) is 19.4. The van der Waals surface area contributed by atoms with Crippen LogP contribution in [0.5, 0.6) is 0 Å². The van der Waals surface area contributed by atoms with E-state index < -0.39 is 0 Å². The molecule has 0 aliphatic carbocycles. The standard InChI is InChI=1S/C22H27FN4O2.ClH/c23-17-5-3-15(4-6-17)21-25-22(29-26-21)16-2-1-9-27(13-16)20(28)12-14-10-18-7-8-19(11-14)24-18;/h3-6,14,16,18-19,24H,1-2,7-13H2;1H. The Morgan fingerprint density at radius 1 is 1.17 bits per heavy atom. The Bertz CT molecular complexity index is 862. The zero-order valence-corrected chi connectivity index (χ0v) is 17.7. The van der Waals surface area contributed by atoms with Gasteiger partial charge in [-0.2, -0.15) is 4.98 Å².